The third-order valence-corrected chi connectivity index (χ3v) is 3.74. The number of hydrogen-bond acceptors (Lipinski definition) is 2. The summed E-state index contributed by atoms with van der Waals surface area (Å²) in [4.78, 5) is 12.3. The number of ketones is 1. The van der Waals surface area contributed by atoms with Crippen molar-refractivity contribution in [2.24, 2.45) is 7.05 Å². The first-order valence-corrected chi connectivity index (χ1v) is 7.05. The second-order valence-corrected chi connectivity index (χ2v) is 5.51. The van der Waals surface area contributed by atoms with Crippen molar-refractivity contribution in [1.29, 1.82) is 0 Å². The van der Waals surface area contributed by atoms with Crippen LogP contribution in [0.4, 0.5) is 0 Å². The third-order valence-electron chi connectivity index (χ3n) is 3.21. The molecular weight excluding hydrogens is 318 g/mol. The van der Waals surface area contributed by atoms with E-state index < -0.39 is 0 Å². The number of halogens is 1. The van der Waals surface area contributed by atoms with Crippen LogP contribution >= 0.6 is 15.9 Å². The molecule has 0 aliphatic rings. The fourth-order valence-electron chi connectivity index (χ4n) is 2.19. The van der Waals surface area contributed by atoms with Gasteiger partial charge in [0.1, 0.15) is 7.05 Å². The molecule has 3 rings (SSSR count). The second-order valence-electron chi connectivity index (χ2n) is 4.59. The van der Waals surface area contributed by atoms with Crippen LogP contribution < -0.4 is 4.68 Å². The minimum absolute atomic E-state index is 0.0475. The topological polar surface area (TPSA) is 38.8 Å². The van der Waals surface area contributed by atoms with Crippen LogP contribution in [-0.2, 0) is 13.6 Å². The summed E-state index contributed by atoms with van der Waals surface area (Å²) in [6.45, 7) is 0.239. The Morgan fingerprint density at radius 3 is 2.65 bits per heavy atom. The molecular formula is C15H13BrN3O+. The highest BCUT2D eigenvalue weighted by molar-refractivity contribution is 9.10. The smallest absolute Gasteiger partial charge is 0.206 e. The van der Waals surface area contributed by atoms with E-state index in [0.29, 0.717) is 5.56 Å². The third kappa shape index (κ3) is 2.36. The lowest BCUT2D eigenvalue weighted by molar-refractivity contribution is -0.709. The highest BCUT2D eigenvalue weighted by Gasteiger charge is 2.18. The standard InChI is InChI=1S/C15H13BrN3O/c1-18-13-4-2-3-5-14(13)19(17-18)10-15(20)11-6-8-12(16)9-7-11/h2-9H,10H2,1H3/q+1. The van der Waals surface area contributed by atoms with Crippen molar-refractivity contribution in [3.05, 3.63) is 58.6 Å². The number of fused-ring (bicyclic) bond motifs is 1. The lowest BCUT2D eigenvalue weighted by atomic mass is 10.1. The maximum atomic E-state index is 12.3. The van der Waals surface area contributed by atoms with Gasteiger partial charge in [0.15, 0.2) is 17.6 Å². The van der Waals surface area contributed by atoms with Gasteiger partial charge in [0.25, 0.3) is 0 Å². The summed E-state index contributed by atoms with van der Waals surface area (Å²) in [5.74, 6) is 0.0475. The first kappa shape index (κ1) is 13.0. The van der Waals surface area contributed by atoms with Gasteiger partial charge in [-0.2, -0.15) is 0 Å². The first-order chi connectivity index (χ1) is 9.65. The van der Waals surface area contributed by atoms with Gasteiger partial charge in [-0.15, -0.1) is 9.36 Å². The zero-order valence-electron chi connectivity index (χ0n) is 11.0. The number of rotatable bonds is 3. The van der Waals surface area contributed by atoms with Crippen molar-refractivity contribution in [3.8, 4) is 0 Å². The van der Waals surface area contributed by atoms with Crippen molar-refractivity contribution in [2.75, 3.05) is 0 Å². The van der Waals surface area contributed by atoms with Gasteiger partial charge in [0.2, 0.25) is 5.78 Å². The maximum absolute atomic E-state index is 12.3. The van der Waals surface area contributed by atoms with Crippen LogP contribution in [0.1, 0.15) is 10.4 Å². The van der Waals surface area contributed by atoms with Crippen LogP contribution in [0, 0.1) is 0 Å². The molecule has 0 radical (unpaired) electrons. The Balaban J connectivity index is 1.93. The van der Waals surface area contributed by atoms with E-state index in [9.17, 15) is 4.79 Å². The molecule has 0 fully saturated rings. The van der Waals surface area contributed by atoms with Gasteiger partial charge >= 0.3 is 0 Å². The summed E-state index contributed by atoms with van der Waals surface area (Å²) >= 11 is 3.37. The molecule has 0 atom stereocenters. The van der Waals surface area contributed by atoms with Crippen LogP contribution in [-0.4, -0.2) is 15.7 Å². The van der Waals surface area contributed by atoms with Crippen LogP contribution in [0.25, 0.3) is 11.0 Å². The molecule has 0 saturated heterocycles. The van der Waals surface area contributed by atoms with E-state index in [-0.39, 0.29) is 12.3 Å². The summed E-state index contributed by atoms with van der Waals surface area (Å²) in [6.07, 6.45) is 0. The molecule has 0 spiro atoms. The average molecular weight is 331 g/mol. The van der Waals surface area contributed by atoms with Gasteiger partial charge in [-0.1, -0.05) is 40.2 Å². The quantitative estimate of drug-likeness (QED) is 0.546. The van der Waals surface area contributed by atoms with Crippen molar-refractivity contribution >= 4 is 32.7 Å². The number of Topliss-reactive ketones (excluding diaryl/α,β-unsaturated/α-hetero) is 1. The molecule has 0 unspecified atom stereocenters. The molecule has 5 heteroatoms. The van der Waals surface area contributed by atoms with E-state index in [0.717, 1.165) is 15.5 Å². The Morgan fingerprint density at radius 1 is 1.20 bits per heavy atom. The number of benzene rings is 2. The maximum Gasteiger partial charge on any atom is 0.206 e. The van der Waals surface area contributed by atoms with Gasteiger partial charge in [-0.25, -0.2) is 0 Å². The minimum Gasteiger partial charge on any atom is -0.290 e. The Morgan fingerprint density at radius 2 is 1.90 bits per heavy atom. The minimum atomic E-state index is 0.0475. The first-order valence-electron chi connectivity index (χ1n) is 6.26. The van der Waals surface area contributed by atoms with Crippen molar-refractivity contribution in [2.45, 2.75) is 6.54 Å². The Bertz CT molecular complexity index is 777. The SMILES string of the molecule is C[n+]1nn(CC(=O)c2ccc(Br)cc2)c2ccccc21. The lowest BCUT2D eigenvalue weighted by Gasteiger charge is -1.98. The number of hydrogen-bond donors (Lipinski definition) is 0. The molecule has 0 aliphatic carbocycles. The molecule has 0 bridgehead atoms. The summed E-state index contributed by atoms with van der Waals surface area (Å²) in [5.41, 5.74) is 2.66. The zero-order valence-corrected chi connectivity index (χ0v) is 12.5. The van der Waals surface area contributed by atoms with E-state index in [1.807, 2.05) is 55.6 Å². The van der Waals surface area contributed by atoms with Gasteiger partial charge < -0.3 is 0 Å². The normalized spacial score (nSPS) is 10.9. The summed E-state index contributed by atoms with van der Waals surface area (Å²) in [5, 5.41) is 4.38. The second kappa shape index (κ2) is 5.17. The van der Waals surface area contributed by atoms with E-state index in [4.69, 9.17) is 0 Å². The molecule has 0 saturated carbocycles. The lowest BCUT2D eigenvalue weighted by Crippen LogP contribution is -2.32. The fourth-order valence-corrected chi connectivity index (χ4v) is 2.46. The van der Waals surface area contributed by atoms with Gasteiger partial charge in [-0.05, 0) is 24.3 Å². The molecule has 20 heavy (non-hydrogen) atoms. The van der Waals surface area contributed by atoms with Crippen molar-refractivity contribution in [3.63, 3.8) is 0 Å². The molecule has 0 N–H and O–H groups in total. The number of para-hydroxylation sites is 2. The summed E-state index contributed by atoms with van der Waals surface area (Å²) < 4.78 is 4.48. The Kier molecular flexibility index (Phi) is 3.36. The van der Waals surface area contributed by atoms with Gasteiger partial charge in [0.05, 0.1) is 5.21 Å². The van der Waals surface area contributed by atoms with Crippen LogP contribution in [0.2, 0.25) is 0 Å². The molecule has 0 aliphatic heterocycles. The van der Waals surface area contributed by atoms with Crippen LogP contribution in [0.15, 0.2) is 53.0 Å². The number of carbonyl (C=O) groups is 1. The van der Waals surface area contributed by atoms with Crippen LogP contribution in [0.3, 0.4) is 0 Å². The monoisotopic (exact) mass is 330 g/mol. The zero-order chi connectivity index (χ0) is 14.1. The van der Waals surface area contributed by atoms with Crippen molar-refractivity contribution in [1.82, 2.24) is 9.90 Å². The van der Waals surface area contributed by atoms with E-state index in [1.54, 1.807) is 9.36 Å². The predicted octanol–water partition coefficient (Wildman–Crippen LogP) is 2.51. The molecule has 0 amide bonds. The van der Waals surface area contributed by atoms with Crippen molar-refractivity contribution < 1.29 is 9.48 Å². The molecule has 1 heterocycles. The largest absolute Gasteiger partial charge is 0.290 e. The van der Waals surface area contributed by atoms with Gasteiger partial charge in [0, 0.05) is 10.0 Å². The highest BCUT2D eigenvalue weighted by Crippen LogP contribution is 2.13. The Labute approximate surface area is 124 Å². The Hall–Kier alpha value is -2.01. The number of aromatic nitrogens is 3. The fraction of sp³-hybridized carbons (Fsp3) is 0.133. The number of carbonyl (C=O) groups excluding carboxylic acids is 1. The van der Waals surface area contributed by atoms with Gasteiger partial charge in [-0.3, -0.25) is 4.79 Å². The summed E-state index contributed by atoms with van der Waals surface area (Å²) in [7, 11) is 1.88. The predicted molar refractivity (Wildman–Crippen MR) is 79.4 cm³/mol. The molecule has 4 nitrogen and oxygen atoms in total. The number of nitrogens with zero attached hydrogens (tertiary/aromatic N) is 3. The van der Waals surface area contributed by atoms with Crippen LogP contribution in [0.5, 0.6) is 0 Å². The van der Waals surface area contributed by atoms with E-state index in [1.165, 1.54) is 0 Å². The average Bonchev–Trinajstić information content (AvgIpc) is 2.77. The molecule has 3 aromatic rings. The van der Waals surface area contributed by atoms with E-state index in [2.05, 4.69) is 21.1 Å². The molecule has 100 valence electrons. The number of aryl methyl sites for hydroxylation is 1. The highest BCUT2D eigenvalue weighted by atomic mass is 79.9. The van der Waals surface area contributed by atoms with E-state index >= 15 is 0 Å². The molecule has 2 aromatic carbocycles. The summed E-state index contributed by atoms with van der Waals surface area (Å²) in [6, 6.07) is 15.2. The molecule has 1 aromatic heterocycles.